The molecule has 0 saturated carbocycles. The Morgan fingerprint density at radius 3 is 2.79 bits per heavy atom. The fraction of sp³-hybridized carbons (Fsp3) is 0.333. The summed E-state index contributed by atoms with van der Waals surface area (Å²) in [6.07, 6.45) is 1.95. The van der Waals surface area contributed by atoms with Crippen LogP contribution in [0.4, 0.5) is 0 Å². The quantitative estimate of drug-likeness (QED) is 0.814. The van der Waals surface area contributed by atoms with Crippen molar-refractivity contribution in [2.24, 2.45) is 11.7 Å². The van der Waals surface area contributed by atoms with E-state index < -0.39 is 0 Å². The van der Waals surface area contributed by atoms with Crippen molar-refractivity contribution in [2.45, 2.75) is 18.9 Å². The van der Waals surface area contributed by atoms with Crippen LogP contribution in [0, 0.1) is 17.2 Å². The smallest absolute Gasteiger partial charge is 0.210 e. The monoisotopic (exact) mass is 253 g/mol. The van der Waals surface area contributed by atoms with Crippen molar-refractivity contribution in [1.82, 2.24) is 4.90 Å². The van der Waals surface area contributed by atoms with Crippen molar-refractivity contribution in [3.05, 3.63) is 47.3 Å². The third kappa shape index (κ3) is 1.70. The van der Waals surface area contributed by atoms with Crippen LogP contribution in [0.5, 0.6) is 0 Å². The molecule has 0 radical (unpaired) electrons. The van der Waals surface area contributed by atoms with Crippen LogP contribution in [0.25, 0.3) is 0 Å². The van der Waals surface area contributed by atoms with E-state index in [1.165, 1.54) is 0 Å². The molecule has 2 N–H and O–H groups in total. The largest absolute Gasteiger partial charge is 0.399 e. The summed E-state index contributed by atoms with van der Waals surface area (Å²) < 4.78 is 0. The van der Waals surface area contributed by atoms with E-state index in [2.05, 4.69) is 6.07 Å². The van der Waals surface area contributed by atoms with E-state index >= 15 is 0 Å². The number of carbonyl (C=O) groups is 1. The highest BCUT2D eigenvalue weighted by Crippen LogP contribution is 2.39. The van der Waals surface area contributed by atoms with E-state index in [9.17, 15) is 10.1 Å². The Hall–Kier alpha value is -2.28. The SMILES string of the molecule is N#CC1C(N)=C(C(=O)c2ccccc2)N2CCCC12. The van der Waals surface area contributed by atoms with Gasteiger partial charge in [0.15, 0.2) is 0 Å². The molecule has 0 bridgehead atoms. The number of hydrogen-bond donors (Lipinski definition) is 1. The lowest BCUT2D eigenvalue weighted by Gasteiger charge is -2.21. The lowest BCUT2D eigenvalue weighted by atomic mass is 9.98. The first-order valence-corrected chi connectivity index (χ1v) is 6.49. The number of rotatable bonds is 2. The number of nitrogens with two attached hydrogens (primary N) is 1. The summed E-state index contributed by atoms with van der Waals surface area (Å²) in [6, 6.07) is 11.5. The fourth-order valence-electron chi connectivity index (χ4n) is 3.08. The Labute approximate surface area is 112 Å². The predicted molar refractivity (Wildman–Crippen MR) is 70.8 cm³/mol. The second kappa shape index (κ2) is 4.43. The molecule has 1 aromatic rings. The molecule has 2 aliphatic heterocycles. The van der Waals surface area contributed by atoms with Gasteiger partial charge in [0.25, 0.3) is 0 Å². The fourth-order valence-corrected chi connectivity index (χ4v) is 3.08. The summed E-state index contributed by atoms with van der Waals surface area (Å²) in [5, 5.41) is 9.25. The topological polar surface area (TPSA) is 70.1 Å². The van der Waals surface area contributed by atoms with E-state index in [0.717, 1.165) is 19.4 Å². The third-order valence-corrected chi connectivity index (χ3v) is 3.97. The van der Waals surface area contributed by atoms with Crippen molar-refractivity contribution >= 4 is 5.78 Å². The molecule has 96 valence electrons. The van der Waals surface area contributed by atoms with Gasteiger partial charge >= 0.3 is 0 Å². The number of nitrogens with zero attached hydrogens (tertiary/aromatic N) is 2. The average Bonchev–Trinajstić information content (AvgIpc) is 2.98. The van der Waals surface area contributed by atoms with Crippen LogP contribution in [0.3, 0.4) is 0 Å². The van der Waals surface area contributed by atoms with Gasteiger partial charge in [-0.3, -0.25) is 4.79 Å². The molecule has 0 aromatic heterocycles. The van der Waals surface area contributed by atoms with Gasteiger partial charge in [-0.1, -0.05) is 30.3 Å². The minimum absolute atomic E-state index is 0.0669. The van der Waals surface area contributed by atoms with Gasteiger partial charge in [0.2, 0.25) is 5.78 Å². The molecule has 0 aliphatic carbocycles. The molecule has 4 heteroatoms. The Balaban J connectivity index is 2.02. The van der Waals surface area contributed by atoms with Crippen molar-refractivity contribution < 1.29 is 4.79 Å². The number of nitriles is 1. The molecule has 19 heavy (non-hydrogen) atoms. The maximum atomic E-state index is 12.6. The number of ketones is 1. The summed E-state index contributed by atoms with van der Waals surface area (Å²) in [7, 11) is 0. The normalized spacial score (nSPS) is 25.3. The first-order chi connectivity index (χ1) is 9.24. The molecule has 4 nitrogen and oxygen atoms in total. The summed E-state index contributed by atoms with van der Waals surface area (Å²) in [5.74, 6) is -0.409. The maximum Gasteiger partial charge on any atom is 0.210 e. The highest BCUT2D eigenvalue weighted by molar-refractivity contribution is 6.09. The number of allylic oxidation sites excluding steroid dienone is 1. The molecule has 1 saturated heterocycles. The maximum absolute atomic E-state index is 12.6. The summed E-state index contributed by atoms with van der Waals surface area (Å²) in [6.45, 7) is 0.817. The Kier molecular flexibility index (Phi) is 2.75. The first-order valence-electron chi connectivity index (χ1n) is 6.49. The second-order valence-electron chi connectivity index (χ2n) is 5.01. The summed E-state index contributed by atoms with van der Waals surface area (Å²) in [4.78, 5) is 14.6. The van der Waals surface area contributed by atoms with Crippen molar-refractivity contribution in [1.29, 1.82) is 5.26 Å². The van der Waals surface area contributed by atoms with Crippen molar-refractivity contribution in [2.75, 3.05) is 6.54 Å². The molecule has 2 unspecified atom stereocenters. The standard InChI is InChI=1S/C15H15N3O/c16-9-11-12-7-4-8-18(12)14(13(11)17)15(19)10-5-2-1-3-6-10/h1-3,5-6,11-12H,4,7-8,17H2. The minimum atomic E-state index is -0.342. The molecular weight excluding hydrogens is 238 g/mol. The molecule has 2 aliphatic rings. The van der Waals surface area contributed by atoms with Crippen molar-refractivity contribution in [3.63, 3.8) is 0 Å². The van der Waals surface area contributed by atoms with Gasteiger partial charge in [-0.05, 0) is 12.8 Å². The Bertz CT molecular complexity index is 585. The zero-order valence-electron chi connectivity index (χ0n) is 10.5. The van der Waals surface area contributed by atoms with Crippen LogP contribution in [-0.4, -0.2) is 23.3 Å². The molecule has 2 heterocycles. The molecule has 2 atom stereocenters. The third-order valence-electron chi connectivity index (χ3n) is 3.97. The molecule has 0 amide bonds. The van der Waals surface area contributed by atoms with Gasteiger partial charge in [-0.15, -0.1) is 0 Å². The predicted octanol–water partition coefficient (Wildman–Crippen LogP) is 1.66. The lowest BCUT2D eigenvalue weighted by Crippen LogP contribution is -2.29. The van der Waals surface area contributed by atoms with E-state index in [1.807, 2.05) is 23.1 Å². The number of hydrogen-bond acceptors (Lipinski definition) is 4. The average molecular weight is 253 g/mol. The summed E-state index contributed by atoms with van der Waals surface area (Å²) >= 11 is 0. The van der Waals surface area contributed by atoms with E-state index in [-0.39, 0.29) is 17.7 Å². The van der Waals surface area contributed by atoms with Gasteiger partial charge in [-0.2, -0.15) is 5.26 Å². The van der Waals surface area contributed by atoms with Crippen LogP contribution in [0.2, 0.25) is 0 Å². The Morgan fingerprint density at radius 2 is 2.11 bits per heavy atom. The van der Waals surface area contributed by atoms with Gasteiger partial charge < -0.3 is 10.6 Å². The van der Waals surface area contributed by atoms with Crippen LogP contribution >= 0.6 is 0 Å². The minimum Gasteiger partial charge on any atom is -0.399 e. The molecule has 1 aromatic carbocycles. The number of Topliss-reactive ketones (excluding diaryl/α,β-unsaturated/α-hetero) is 1. The summed E-state index contributed by atoms with van der Waals surface area (Å²) in [5.41, 5.74) is 7.67. The number of carbonyl (C=O) groups excluding carboxylic acids is 1. The first kappa shape index (κ1) is 11.8. The van der Waals surface area contributed by atoms with E-state index in [0.29, 0.717) is 17.0 Å². The van der Waals surface area contributed by atoms with Gasteiger partial charge in [0.05, 0.1) is 17.8 Å². The van der Waals surface area contributed by atoms with E-state index in [4.69, 9.17) is 5.73 Å². The van der Waals surface area contributed by atoms with Crippen LogP contribution in [0.1, 0.15) is 23.2 Å². The van der Waals surface area contributed by atoms with Gasteiger partial charge in [0.1, 0.15) is 11.6 Å². The number of benzene rings is 1. The highest BCUT2D eigenvalue weighted by atomic mass is 16.1. The van der Waals surface area contributed by atoms with Gasteiger partial charge in [-0.25, -0.2) is 0 Å². The van der Waals surface area contributed by atoms with Gasteiger partial charge in [0, 0.05) is 12.1 Å². The molecule has 1 fully saturated rings. The van der Waals surface area contributed by atoms with Crippen LogP contribution < -0.4 is 5.73 Å². The second-order valence-corrected chi connectivity index (χ2v) is 5.01. The zero-order chi connectivity index (χ0) is 13.4. The van der Waals surface area contributed by atoms with Crippen molar-refractivity contribution in [3.8, 4) is 6.07 Å². The molecular formula is C15H15N3O. The van der Waals surface area contributed by atoms with Crippen LogP contribution in [0.15, 0.2) is 41.7 Å². The number of fused-ring (bicyclic) bond motifs is 1. The Morgan fingerprint density at radius 1 is 1.37 bits per heavy atom. The molecule has 3 rings (SSSR count). The van der Waals surface area contributed by atoms with Crippen LogP contribution in [-0.2, 0) is 0 Å². The van der Waals surface area contributed by atoms with E-state index in [1.54, 1.807) is 12.1 Å². The zero-order valence-corrected chi connectivity index (χ0v) is 10.5. The molecule has 0 spiro atoms. The highest BCUT2D eigenvalue weighted by Gasteiger charge is 2.44. The lowest BCUT2D eigenvalue weighted by molar-refractivity contribution is 0.0993.